The number of aromatic nitrogens is 1. The molecule has 0 radical (unpaired) electrons. The zero-order valence-corrected chi connectivity index (χ0v) is 13.3. The van der Waals surface area contributed by atoms with E-state index in [1.54, 1.807) is 7.05 Å². The second-order valence-corrected chi connectivity index (χ2v) is 6.20. The van der Waals surface area contributed by atoms with Gasteiger partial charge in [-0.25, -0.2) is 4.79 Å². The topological polar surface area (TPSA) is 47.2 Å². The minimum absolute atomic E-state index is 0.343. The maximum Gasteiger partial charge on any atom is 0.419 e. The van der Waals surface area contributed by atoms with Gasteiger partial charge in [0.05, 0.1) is 5.52 Å². The van der Waals surface area contributed by atoms with Gasteiger partial charge in [-0.15, -0.1) is 0 Å². The molecule has 4 nitrogen and oxygen atoms in total. The summed E-state index contributed by atoms with van der Waals surface area (Å²) in [7, 11) is 1.70. The fraction of sp³-hybridized carbons (Fsp3) is 0.0556. The van der Waals surface area contributed by atoms with E-state index in [2.05, 4.69) is 35.1 Å². The normalized spacial score (nSPS) is 11.2. The highest BCUT2D eigenvalue weighted by molar-refractivity contribution is 8.00. The Morgan fingerprint density at radius 3 is 2.70 bits per heavy atom. The van der Waals surface area contributed by atoms with E-state index < -0.39 is 0 Å². The van der Waals surface area contributed by atoms with Gasteiger partial charge in [-0.05, 0) is 53.1 Å². The molecule has 114 valence electrons. The molecule has 1 aromatic heterocycles. The van der Waals surface area contributed by atoms with Crippen LogP contribution in [0.15, 0.2) is 74.8 Å². The summed E-state index contributed by atoms with van der Waals surface area (Å²) in [6.07, 6.45) is 0. The monoisotopic (exact) mass is 322 g/mol. The predicted molar refractivity (Wildman–Crippen MR) is 94.9 cm³/mol. The number of fused-ring (bicyclic) bond motifs is 2. The molecule has 1 heterocycles. The van der Waals surface area contributed by atoms with Crippen LogP contribution in [0.1, 0.15) is 0 Å². The molecule has 1 N–H and O–H groups in total. The summed E-state index contributed by atoms with van der Waals surface area (Å²) < 4.78 is 10.0. The third-order valence-electron chi connectivity index (χ3n) is 3.80. The molecule has 0 spiro atoms. The van der Waals surface area contributed by atoms with Crippen LogP contribution in [0.4, 0.5) is 5.69 Å². The molecule has 0 saturated carbocycles. The van der Waals surface area contributed by atoms with Crippen LogP contribution < -0.4 is 10.5 Å². The van der Waals surface area contributed by atoms with E-state index in [4.69, 9.17) is 4.42 Å². The van der Waals surface area contributed by atoms with E-state index in [1.807, 2.05) is 30.3 Å². The Labute approximate surface area is 136 Å². The molecule has 0 saturated heterocycles. The molecule has 4 aromatic rings. The molecule has 3 aromatic carbocycles. The van der Waals surface area contributed by atoms with Crippen molar-refractivity contribution in [1.82, 2.24) is 4.57 Å². The van der Waals surface area contributed by atoms with Gasteiger partial charge >= 0.3 is 5.76 Å². The molecule has 0 atom stereocenters. The van der Waals surface area contributed by atoms with Crippen molar-refractivity contribution in [2.24, 2.45) is 7.05 Å². The molecule has 0 aliphatic carbocycles. The summed E-state index contributed by atoms with van der Waals surface area (Å²) in [4.78, 5) is 12.5. The highest BCUT2D eigenvalue weighted by atomic mass is 32.2. The summed E-state index contributed by atoms with van der Waals surface area (Å²) in [5.41, 5.74) is 2.43. The third-order valence-corrected chi connectivity index (χ3v) is 4.63. The number of anilines is 1. The molecule has 0 amide bonds. The Bertz CT molecular complexity index is 1070. The van der Waals surface area contributed by atoms with Crippen LogP contribution in [0.3, 0.4) is 0 Å². The molecule has 23 heavy (non-hydrogen) atoms. The van der Waals surface area contributed by atoms with Gasteiger partial charge in [0.15, 0.2) is 5.58 Å². The number of benzene rings is 3. The van der Waals surface area contributed by atoms with Crippen molar-refractivity contribution in [3.05, 3.63) is 71.2 Å². The second kappa shape index (κ2) is 5.52. The molecule has 0 aliphatic heterocycles. The van der Waals surface area contributed by atoms with E-state index in [0.29, 0.717) is 5.58 Å². The van der Waals surface area contributed by atoms with Gasteiger partial charge in [0.2, 0.25) is 0 Å². The number of oxazole rings is 1. The highest BCUT2D eigenvalue weighted by Gasteiger charge is 2.06. The fourth-order valence-corrected chi connectivity index (χ4v) is 3.21. The minimum atomic E-state index is -0.343. The number of hydrogen-bond acceptors (Lipinski definition) is 4. The van der Waals surface area contributed by atoms with Crippen LogP contribution >= 0.6 is 11.9 Å². The first-order valence-electron chi connectivity index (χ1n) is 7.22. The number of hydrogen-bond donors (Lipinski definition) is 1. The summed E-state index contributed by atoms with van der Waals surface area (Å²) in [5.74, 6) is -0.343. The first kappa shape index (κ1) is 14.0. The van der Waals surface area contributed by atoms with Gasteiger partial charge in [0.25, 0.3) is 0 Å². The van der Waals surface area contributed by atoms with E-state index >= 15 is 0 Å². The van der Waals surface area contributed by atoms with Crippen LogP contribution in [-0.4, -0.2) is 4.57 Å². The van der Waals surface area contributed by atoms with Gasteiger partial charge in [0.1, 0.15) is 0 Å². The van der Waals surface area contributed by atoms with Crippen molar-refractivity contribution in [1.29, 1.82) is 0 Å². The first-order valence-corrected chi connectivity index (χ1v) is 8.03. The Hall–Kier alpha value is -2.66. The Morgan fingerprint density at radius 1 is 1.00 bits per heavy atom. The first-order chi connectivity index (χ1) is 11.2. The average Bonchev–Trinajstić information content (AvgIpc) is 2.87. The molecule has 0 fully saturated rings. The number of aryl methyl sites for hydroxylation is 1. The van der Waals surface area contributed by atoms with Crippen molar-refractivity contribution in [2.75, 3.05) is 4.72 Å². The van der Waals surface area contributed by atoms with Crippen molar-refractivity contribution in [3.8, 4) is 0 Å². The smallest absolute Gasteiger partial charge is 0.408 e. The molecule has 0 aliphatic rings. The quantitative estimate of drug-likeness (QED) is 0.568. The van der Waals surface area contributed by atoms with Gasteiger partial charge in [0, 0.05) is 17.6 Å². The Balaban J connectivity index is 1.58. The number of nitrogens with zero attached hydrogens (tertiary/aromatic N) is 1. The fourth-order valence-electron chi connectivity index (χ4n) is 2.55. The van der Waals surface area contributed by atoms with Crippen molar-refractivity contribution in [2.45, 2.75) is 4.90 Å². The van der Waals surface area contributed by atoms with Crippen molar-refractivity contribution in [3.63, 3.8) is 0 Å². The SMILES string of the molecule is Cn1c(=O)oc2cc(SNc3ccc4ccccc4c3)ccc21. The van der Waals surface area contributed by atoms with Crippen LogP contribution in [0.25, 0.3) is 21.9 Å². The van der Waals surface area contributed by atoms with Crippen LogP contribution in [0.2, 0.25) is 0 Å². The number of nitrogens with one attached hydrogen (secondary N) is 1. The summed E-state index contributed by atoms with van der Waals surface area (Å²) in [5, 5.41) is 2.41. The average molecular weight is 322 g/mol. The highest BCUT2D eigenvalue weighted by Crippen LogP contribution is 2.26. The van der Waals surface area contributed by atoms with E-state index in [1.165, 1.54) is 27.3 Å². The molecule has 0 unspecified atom stereocenters. The zero-order valence-electron chi connectivity index (χ0n) is 12.4. The van der Waals surface area contributed by atoms with Gasteiger partial charge in [-0.3, -0.25) is 4.57 Å². The van der Waals surface area contributed by atoms with Gasteiger partial charge in [-0.1, -0.05) is 30.3 Å². The minimum Gasteiger partial charge on any atom is -0.408 e. The third kappa shape index (κ3) is 2.59. The molecule has 0 bridgehead atoms. The standard InChI is InChI=1S/C18H14N2O2S/c1-20-16-9-8-15(11-17(16)22-18(20)21)23-19-14-7-6-12-4-2-3-5-13(12)10-14/h2-11,19H,1H3. The lowest BCUT2D eigenvalue weighted by molar-refractivity contribution is 0.527. The molecule has 5 heteroatoms. The van der Waals surface area contributed by atoms with E-state index in [9.17, 15) is 4.79 Å². The van der Waals surface area contributed by atoms with Crippen LogP contribution in [0, 0.1) is 0 Å². The maximum atomic E-state index is 11.5. The largest absolute Gasteiger partial charge is 0.419 e. The van der Waals surface area contributed by atoms with E-state index in [-0.39, 0.29) is 5.76 Å². The molecule has 4 rings (SSSR count). The maximum absolute atomic E-state index is 11.5. The second-order valence-electron chi connectivity index (χ2n) is 5.32. The molecular formula is C18H14N2O2S. The predicted octanol–water partition coefficient (Wildman–Crippen LogP) is 4.40. The Morgan fingerprint density at radius 2 is 1.83 bits per heavy atom. The number of rotatable bonds is 3. The lowest BCUT2D eigenvalue weighted by Crippen LogP contribution is -2.08. The lowest BCUT2D eigenvalue weighted by atomic mass is 10.1. The van der Waals surface area contributed by atoms with Gasteiger partial charge < -0.3 is 9.14 Å². The van der Waals surface area contributed by atoms with Crippen molar-refractivity contribution >= 4 is 39.5 Å². The Kier molecular flexibility index (Phi) is 3.35. The lowest BCUT2D eigenvalue weighted by Gasteiger charge is -2.07. The van der Waals surface area contributed by atoms with Crippen molar-refractivity contribution < 1.29 is 4.42 Å². The van der Waals surface area contributed by atoms with Gasteiger partial charge in [-0.2, -0.15) is 0 Å². The zero-order chi connectivity index (χ0) is 15.8. The molecular weight excluding hydrogens is 308 g/mol. The summed E-state index contributed by atoms with van der Waals surface area (Å²) in [6.45, 7) is 0. The summed E-state index contributed by atoms with van der Waals surface area (Å²) in [6, 6.07) is 20.2. The van der Waals surface area contributed by atoms with Crippen LogP contribution in [-0.2, 0) is 7.05 Å². The van der Waals surface area contributed by atoms with Crippen LogP contribution in [0.5, 0.6) is 0 Å². The summed E-state index contributed by atoms with van der Waals surface area (Å²) >= 11 is 1.49. The van der Waals surface area contributed by atoms with E-state index in [0.717, 1.165) is 16.1 Å².